The molecule has 0 aliphatic heterocycles. The fourth-order valence-electron chi connectivity index (χ4n) is 2.08. The summed E-state index contributed by atoms with van der Waals surface area (Å²) >= 11 is 0. The van der Waals surface area contributed by atoms with Gasteiger partial charge in [-0.05, 0) is 37.6 Å². The van der Waals surface area contributed by atoms with Crippen molar-refractivity contribution in [3.63, 3.8) is 0 Å². The van der Waals surface area contributed by atoms with Crippen LogP contribution < -0.4 is 0 Å². The van der Waals surface area contributed by atoms with Gasteiger partial charge >= 0.3 is 0 Å². The van der Waals surface area contributed by atoms with Gasteiger partial charge in [0.1, 0.15) is 0 Å². The van der Waals surface area contributed by atoms with Gasteiger partial charge in [-0.2, -0.15) is 0 Å². The van der Waals surface area contributed by atoms with Crippen molar-refractivity contribution in [1.29, 1.82) is 0 Å². The van der Waals surface area contributed by atoms with Gasteiger partial charge in [-0.3, -0.25) is 0 Å². The highest BCUT2D eigenvalue weighted by Crippen LogP contribution is 2.28. The molecule has 1 unspecified atom stereocenters. The fourth-order valence-corrected chi connectivity index (χ4v) is 2.08. The first-order valence-corrected chi connectivity index (χ1v) is 6.53. The molecule has 2 heteroatoms. The van der Waals surface area contributed by atoms with Gasteiger partial charge in [0.25, 0.3) is 0 Å². The second-order valence-corrected chi connectivity index (χ2v) is 6.37. The van der Waals surface area contributed by atoms with Gasteiger partial charge in [-0.25, -0.2) is 0 Å². The Hall–Kier alpha value is -0.860. The summed E-state index contributed by atoms with van der Waals surface area (Å²) in [4.78, 5) is 2.16. The monoisotopic (exact) mass is 249 g/mol. The lowest BCUT2D eigenvalue weighted by atomic mass is 9.84. The molecular formula is C16H27NO. The molecule has 0 aliphatic rings. The number of nitrogens with zero attached hydrogens (tertiary/aromatic N) is 1. The van der Waals surface area contributed by atoms with Crippen molar-refractivity contribution in [3.05, 3.63) is 34.9 Å². The van der Waals surface area contributed by atoms with E-state index in [0.29, 0.717) is 0 Å². The zero-order chi connectivity index (χ0) is 13.9. The first-order valence-electron chi connectivity index (χ1n) is 6.53. The van der Waals surface area contributed by atoms with Crippen molar-refractivity contribution in [2.24, 2.45) is 0 Å². The van der Waals surface area contributed by atoms with Crippen LogP contribution in [0.1, 0.15) is 43.6 Å². The Balaban J connectivity index is 3.11. The third-order valence-electron chi connectivity index (χ3n) is 3.15. The number of methoxy groups -OCH3 is 1. The van der Waals surface area contributed by atoms with Crippen molar-refractivity contribution in [3.8, 4) is 0 Å². The quantitative estimate of drug-likeness (QED) is 0.809. The van der Waals surface area contributed by atoms with E-state index in [0.717, 1.165) is 6.54 Å². The summed E-state index contributed by atoms with van der Waals surface area (Å²) in [6.07, 6.45) is 0.140. The molecule has 0 radical (unpaired) electrons. The van der Waals surface area contributed by atoms with Crippen LogP contribution in [-0.4, -0.2) is 32.6 Å². The van der Waals surface area contributed by atoms with Crippen molar-refractivity contribution >= 4 is 0 Å². The standard InChI is InChI=1S/C16H27NO/c1-12-8-13(15(18-7)11-17(5)6)10-14(9-12)16(2,3)4/h8-10,15H,11H2,1-7H3. The summed E-state index contributed by atoms with van der Waals surface area (Å²) in [5.41, 5.74) is 4.13. The molecule has 18 heavy (non-hydrogen) atoms. The third-order valence-corrected chi connectivity index (χ3v) is 3.15. The second-order valence-electron chi connectivity index (χ2n) is 6.37. The molecule has 0 bridgehead atoms. The molecular weight excluding hydrogens is 222 g/mol. The predicted molar refractivity (Wildman–Crippen MR) is 78.2 cm³/mol. The third kappa shape index (κ3) is 4.11. The number of hydrogen-bond acceptors (Lipinski definition) is 2. The maximum atomic E-state index is 5.63. The van der Waals surface area contributed by atoms with Crippen LogP contribution in [-0.2, 0) is 10.2 Å². The molecule has 0 saturated heterocycles. The maximum absolute atomic E-state index is 5.63. The van der Waals surface area contributed by atoms with Crippen molar-refractivity contribution in [2.45, 2.75) is 39.2 Å². The van der Waals surface area contributed by atoms with Gasteiger partial charge in [0.2, 0.25) is 0 Å². The molecule has 2 nitrogen and oxygen atoms in total. The average Bonchev–Trinajstić information content (AvgIpc) is 2.23. The van der Waals surface area contributed by atoms with Crippen LogP contribution in [0.4, 0.5) is 0 Å². The molecule has 1 atom stereocenters. The molecule has 0 aliphatic carbocycles. The van der Waals surface area contributed by atoms with Gasteiger partial charge in [0.15, 0.2) is 0 Å². The highest BCUT2D eigenvalue weighted by atomic mass is 16.5. The average molecular weight is 249 g/mol. The minimum absolute atomic E-state index is 0.140. The SMILES string of the molecule is COC(CN(C)C)c1cc(C)cc(C(C)(C)C)c1. The molecule has 0 fully saturated rings. The zero-order valence-corrected chi connectivity index (χ0v) is 12.9. The first kappa shape index (κ1) is 15.2. The summed E-state index contributed by atoms with van der Waals surface area (Å²) < 4.78 is 5.63. The van der Waals surface area contributed by atoms with Crippen LogP contribution in [0.15, 0.2) is 18.2 Å². The smallest absolute Gasteiger partial charge is 0.0947 e. The summed E-state index contributed by atoms with van der Waals surface area (Å²) in [6.45, 7) is 9.81. The molecule has 0 aromatic heterocycles. The lowest BCUT2D eigenvalue weighted by Crippen LogP contribution is -2.22. The summed E-state index contributed by atoms with van der Waals surface area (Å²) in [5, 5.41) is 0. The highest BCUT2D eigenvalue weighted by molar-refractivity contribution is 5.34. The molecule has 0 spiro atoms. The Kier molecular flexibility index (Phi) is 4.94. The Morgan fingerprint density at radius 2 is 1.78 bits per heavy atom. The summed E-state index contributed by atoms with van der Waals surface area (Å²) in [6, 6.07) is 6.78. The van der Waals surface area contributed by atoms with Crippen LogP contribution in [0, 0.1) is 6.92 Å². The van der Waals surface area contributed by atoms with Gasteiger partial charge in [-0.1, -0.05) is 44.5 Å². The zero-order valence-electron chi connectivity index (χ0n) is 12.9. The largest absolute Gasteiger partial charge is 0.375 e. The molecule has 0 N–H and O–H groups in total. The van der Waals surface area contributed by atoms with E-state index in [1.807, 2.05) is 0 Å². The number of benzene rings is 1. The second kappa shape index (κ2) is 5.85. The fraction of sp³-hybridized carbons (Fsp3) is 0.625. The van der Waals surface area contributed by atoms with Gasteiger partial charge in [0.05, 0.1) is 6.10 Å². The van der Waals surface area contributed by atoms with Gasteiger partial charge < -0.3 is 9.64 Å². The Labute approximate surface area is 112 Å². The van der Waals surface area contributed by atoms with Crippen molar-refractivity contribution in [2.75, 3.05) is 27.7 Å². The number of ether oxygens (including phenoxy) is 1. The minimum atomic E-state index is 0.140. The minimum Gasteiger partial charge on any atom is -0.375 e. The van der Waals surface area contributed by atoms with Crippen molar-refractivity contribution in [1.82, 2.24) is 4.90 Å². The lowest BCUT2D eigenvalue weighted by molar-refractivity contribution is 0.0783. The van der Waals surface area contributed by atoms with E-state index in [2.05, 4.69) is 64.9 Å². The normalized spacial score (nSPS) is 14.0. The van der Waals surface area contributed by atoms with Crippen LogP contribution in [0.3, 0.4) is 0 Å². The highest BCUT2D eigenvalue weighted by Gasteiger charge is 2.18. The molecule has 1 aromatic carbocycles. The van der Waals surface area contributed by atoms with Crippen LogP contribution in [0.25, 0.3) is 0 Å². The Bertz CT molecular complexity index is 391. The lowest BCUT2D eigenvalue weighted by Gasteiger charge is -2.25. The van der Waals surface area contributed by atoms with Crippen LogP contribution >= 0.6 is 0 Å². The number of likely N-dealkylation sites (N-methyl/N-ethyl adjacent to an activating group) is 1. The van der Waals surface area contributed by atoms with E-state index in [1.54, 1.807) is 7.11 Å². The molecule has 0 saturated carbocycles. The molecule has 1 aromatic rings. The van der Waals surface area contributed by atoms with E-state index in [1.165, 1.54) is 16.7 Å². The van der Waals surface area contributed by atoms with E-state index in [4.69, 9.17) is 4.74 Å². The topological polar surface area (TPSA) is 12.5 Å². The Morgan fingerprint density at radius 1 is 1.17 bits per heavy atom. The number of hydrogen-bond donors (Lipinski definition) is 0. The van der Waals surface area contributed by atoms with Crippen molar-refractivity contribution < 1.29 is 4.74 Å². The Morgan fingerprint density at radius 3 is 2.22 bits per heavy atom. The van der Waals surface area contributed by atoms with E-state index < -0.39 is 0 Å². The van der Waals surface area contributed by atoms with Crippen LogP contribution in [0.2, 0.25) is 0 Å². The number of aryl methyl sites for hydroxylation is 1. The van der Waals surface area contributed by atoms with Crippen LogP contribution in [0.5, 0.6) is 0 Å². The van der Waals surface area contributed by atoms with Gasteiger partial charge in [0, 0.05) is 13.7 Å². The maximum Gasteiger partial charge on any atom is 0.0947 e. The molecule has 1 rings (SSSR count). The summed E-state index contributed by atoms with van der Waals surface area (Å²) in [7, 11) is 5.94. The molecule has 0 heterocycles. The first-order chi connectivity index (χ1) is 8.24. The summed E-state index contributed by atoms with van der Waals surface area (Å²) in [5.74, 6) is 0. The molecule has 102 valence electrons. The molecule has 0 amide bonds. The van der Waals surface area contributed by atoms with E-state index in [-0.39, 0.29) is 11.5 Å². The van der Waals surface area contributed by atoms with E-state index in [9.17, 15) is 0 Å². The van der Waals surface area contributed by atoms with Gasteiger partial charge in [-0.15, -0.1) is 0 Å². The number of rotatable bonds is 4. The predicted octanol–water partition coefficient (Wildman–Crippen LogP) is 3.54. The van der Waals surface area contributed by atoms with E-state index >= 15 is 0 Å².